The molecule has 0 aliphatic carbocycles. The first-order valence-corrected chi connectivity index (χ1v) is 16.1. The van der Waals surface area contributed by atoms with Gasteiger partial charge in [0, 0.05) is 11.3 Å². The molecule has 1 heterocycles. The molecule has 0 aliphatic heterocycles. The molecule has 9 aromatic rings. The van der Waals surface area contributed by atoms with Gasteiger partial charge in [-0.05, 0) is 97.4 Å². The molecule has 47 heavy (non-hydrogen) atoms. The van der Waals surface area contributed by atoms with Crippen LogP contribution in [0.25, 0.3) is 83.0 Å². The van der Waals surface area contributed by atoms with Crippen molar-refractivity contribution in [2.75, 3.05) is 0 Å². The second kappa shape index (κ2) is 11.3. The summed E-state index contributed by atoms with van der Waals surface area (Å²) in [6, 6.07) is 65.1. The van der Waals surface area contributed by atoms with E-state index in [1.165, 1.54) is 54.9 Å². The quantitative estimate of drug-likeness (QED) is 0.180. The zero-order valence-electron chi connectivity index (χ0n) is 25.7. The smallest absolute Gasteiger partial charge is 0.146 e. The van der Waals surface area contributed by atoms with Crippen molar-refractivity contribution in [1.29, 1.82) is 0 Å². The fourth-order valence-corrected chi connectivity index (χ4v) is 7.08. The average Bonchev–Trinajstić information content (AvgIpc) is 3.53. The summed E-state index contributed by atoms with van der Waals surface area (Å²) in [7, 11) is 0. The van der Waals surface area contributed by atoms with E-state index in [0.717, 1.165) is 28.1 Å². The lowest BCUT2D eigenvalue weighted by molar-refractivity contribution is 1.11. The second-order valence-electron chi connectivity index (χ2n) is 12.0. The number of rotatable bonds is 5. The van der Waals surface area contributed by atoms with Crippen molar-refractivity contribution in [3.63, 3.8) is 0 Å². The number of imidazole rings is 1. The zero-order chi connectivity index (χ0) is 31.2. The Hall–Kier alpha value is -6.25. The Morgan fingerprint density at radius 2 is 0.766 bits per heavy atom. The van der Waals surface area contributed by atoms with Crippen molar-refractivity contribution in [2.45, 2.75) is 0 Å². The van der Waals surface area contributed by atoms with Crippen LogP contribution < -0.4 is 0 Å². The molecule has 0 amide bonds. The van der Waals surface area contributed by atoms with Crippen molar-refractivity contribution < 1.29 is 0 Å². The minimum Gasteiger partial charge on any atom is -0.292 e. The van der Waals surface area contributed by atoms with Crippen LogP contribution in [-0.2, 0) is 0 Å². The molecule has 9 rings (SSSR count). The van der Waals surface area contributed by atoms with Crippen LogP contribution in [0.4, 0.5) is 0 Å². The van der Waals surface area contributed by atoms with Crippen molar-refractivity contribution >= 4 is 32.6 Å². The van der Waals surface area contributed by atoms with Gasteiger partial charge in [-0.1, -0.05) is 140 Å². The fraction of sp³-hybridized carbons (Fsp3) is 0. The summed E-state index contributed by atoms with van der Waals surface area (Å²) in [6.07, 6.45) is 0. The SMILES string of the molecule is c1ccc(-c2cc(-c3ccccc3)cc(-c3c4ccccc4c(-c4nc5ccccc5n4-c4ccccc4)c4ccccc34)c2)cc1. The highest BCUT2D eigenvalue weighted by molar-refractivity contribution is 6.21. The first kappa shape index (κ1) is 27.1. The van der Waals surface area contributed by atoms with Gasteiger partial charge in [-0.15, -0.1) is 0 Å². The minimum atomic E-state index is 0.944. The highest BCUT2D eigenvalue weighted by atomic mass is 15.1. The number of hydrogen-bond donors (Lipinski definition) is 0. The van der Waals surface area contributed by atoms with Crippen molar-refractivity contribution in [3.8, 4) is 50.5 Å². The Morgan fingerprint density at radius 3 is 1.32 bits per heavy atom. The van der Waals surface area contributed by atoms with Gasteiger partial charge in [0.2, 0.25) is 0 Å². The van der Waals surface area contributed by atoms with E-state index in [0.29, 0.717) is 0 Å². The normalized spacial score (nSPS) is 11.4. The molecule has 220 valence electrons. The lowest BCUT2D eigenvalue weighted by Gasteiger charge is -2.19. The van der Waals surface area contributed by atoms with Gasteiger partial charge in [-0.25, -0.2) is 4.98 Å². The Morgan fingerprint density at radius 1 is 0.340 bits per heavy atom. The van der Waals surface area contributed by atoms with Gasteiger partial charge in [-0.2, -0.15) is 0 Å². The molecule has 0 saturated heterocycles. The summed E-state index contributed by atoms with van der Waals surface area (Å²) < 4.78 is 2.31. The molecule has 0 unspecified atom stereocenters. The number of benzene rings is 8. The first-order chi connectivity index (χ1) is 23.3. The lowest BCUT2D eigenvalue weighted by Crippen LogP contribution is -1.99. The average molecular weight is 599 g/mol. The molecule has 0 fully saturated rings. The van der Waals surface area contributed by atoms with Crippen LogP contribution in [0.15, 0.2) is 182 Å². The Kier molecular flexibility index (Phi) is 6.50. The van der Waals surface area contributed by atoms with Crippen LogP contribution in [0, 0.1) is 0 Å². The highest BCUT2D eigenvalue weighted by Crippen LogP contribution is 2.46. The largest absolute Gasteiger partial charge is 0.292 e. The van der Waals surface area contributed by atoms with Gasteiger partial charge in [0.25, 0.3) is 0 Å². The van der Waals surface area contributed by atoms with Gasteiger partial charge < -0.3 is 0 Å². The Labute approximate surface area is 273 Å². The number of fused-ring (bicyclic) bond motifs is 3. The predicted molar refractivity (Wildman–Crippen MR) is 198 cm³/mol. The molecular weight excluding hydrogens is 569 g/mol. The molecule has 0 radical (unpaired) electrons. The number of para-hydroxylation sites is 3. The number of hydrogen-bond acceptors (Lipinski definition) is 1. The first-order valence-electron chi connectivity index (χ1n) is 16.1. The van der Waals surface area contributed by atoms with E-state index in [-0.39, 0.29) is 0 Å². The van der Waals surface area contributed by atoms with E-state index in [2.05, 4.69) is 187 Å². The molecular formula is C45H30N2. The summed E-state index contributed by atoms with van der Waals surface area (Å²) in [5, 5.41) is 4.77. The maximum Gasteiger partial charge on any atom is 0.146 e. The van der Waals surface area contributed by atoms with E-state index in [9.17, 15) is 0 Å². The van der Waals surface area contributed by atoms with Crippen LogP contribution in [0.5, 0.6) is 0 Å². The lowest BCUT2D eigenvalue weighted by atomic mass is 9.86. The van der Waals surface area contributed by atoms with Gasteiger partial charge >= 0.3 is 0 Å². The fourth-order valence-electron chi connectivity index (χ4n) is 7.08. The summed E-state index contributed by atoms with van der Waals surface area (Å²) in [5.74, 6) is 0.944. The molecule has 0 spiro atoms. The molecule has 0 aliphatic rings. The topological polar surface area (TPSA) is 17.8 Å². The molecule has 8 aromatic carbocycles. The Balaban J connectivity index is 1.40. The molecule has 2 heteroatoms. The molecule has 1 aromatic heterocycles. The van der Waals surface area contributed by atoms with Crippen LogP contribution in [-0.4, -0.2) is 9.55 Å². The van der Waals surface area contributed by atoms with E-state index >= 15 is 0 Å². The highest BCUT2D eigenvalue weighted by Gasteiger charge is 2.22. The predicted octanol–water partition coefficient (Wildman–Crippen LogP) is 12.0. The maximum atomic E-state index is 5.33. The maximum absolute atomic E-state index is 5.33. The minimum absolute atomic E-state index is 0.944. The number of nitrogens with zero attached hydrogens (tertiary/aromatic N) is 2. The van der Waals surface area contributed by atoms with E-state index in [1.807, 2.05) is 0 Å². The summed E-state index contributed by atoms with van der Waals surface area (Å²) >= 11 is 0. The van der Waals surface area contributed by atoms with Gasteiger partial charge in [0.15, 0.2) is 0 Å². The van der Waals surface area contributed by atoms with Crippen molar-refractivity contribution in [2.24, 2.45) is 0 Å². The summed E-state index contributed by atoms with van der Waals surface area (Å²) in [6.45, 7) is 0. The summed E-state index contributed by atoms with van der Waals surface area (Å²) in [5.41, 5.74) is 11.5. The summed E-state index contributed by atoms with van der Waals surface area (Å²) in [4.78, 5) is 5.33. The van der Waals surface area contributed by atoms with Gasteiger partial charge in [-0.3, -0.25) is 4.57 Å². The van der Waals surface area contributed by atoms with Crippen LogP contribution in [0.2, 0.25) is 0 Å². The van der Waals surface area contributed by atoms with E-state index in [4.69, 9.17) is 4.98 Å². The second-order valence-corrected chi connectivity index (χ2v) is 12.0. The molecule has 2 nitrogen and oxygen atoms in total. The third-order valence-electron chi connectivity index (χ3n) is 9.17. The third-order valence-corrected chi connectivity index (χ3v) is 9.17. The standard InChI is InChI=1S/C45H30N2/c1-4-16-31(17-5-1)33-28-34(32-18-6-2-7-19-32)30-35(29-33)43-37-22-10-12-24-39(37)44(40-25-13-11-23-38(40)43)45-46-41-26-14-15-27-42(41)47(45)36-20-8-3-9-21-36/h1-30H. The van der Waals surface area contributed by atoms with Crippen molar-refractivity contribution in [1.82, 2.24) is 9.55 Å². The van der Waals surface area contributed by atoms with E-state index < -0.39 is 0 Å². The van der Waals surface area contributed by atoms with Crippen molar-refractivity contribution in [3.05, 3.63) is 182 Å². The zero-order valence-corrected chi connectivity index (χ0v) is 25.7. The molecule has 0 bridgehead atoms. The third kappa shape index (κ3) is 4.62. The monoisotopic (exact) mass is 598 g/mol. The molecule has 0 saturated carbocycles. The van der Waals surface area contributed by atoms with Gasteiger partial charge in [0.1, 0.15) is 5.82 Å². The number of aromatic nitrogens is 2. The van der Waals surface area contributed by atoms with E-state index in [1.54, 1.807) is 0 Å². The van der Waals surface area contributed by atoms with Crippen LogP contribution in [0.3, 0.4) is 0 Å². The van der Waals surface area contributed by atoms with Gasteiger partial charge in [0.05, 0.1) is 11.0 Å². The Bertz CT molecular complexity index is 2430. The van der Waals surface area contributed by atoms with Crippen LogP contribution >= 0.6 is 0 Å². The molecule has 0 N–H and O–H groups in total. The molecule has 0 atom stereocenters. The van der Waals surface area contributed by atoms with Crippen LogP contribution in [0.1, 0.15) is 0 Å².